The highest BCUT2D eigenvalue weighted by molar-refractivity contribution is 14.0. The van der Waals surface area contributed by atoms with E-state index in [1.807, 2.05) is 45.0 Å². The van der Waals surface area contributed by atoms with Gasteiger partial charge in [-0.1, -0.05) is 6.92 Å². The topological polar surface area (TPSA) is 45.9 Å². The number of rotatable bonds is 4. The number of ether oxygens (including phenoxy) is 1. The van der Waals surface area contributed by atoms with Gasteiger partial charge in [-0.3, -0.25) is 0 Å². The fourth-order valence-corrected chi connectivity index (χ4v) is 2.14. The van der Waals surface area contributed by atoms with E-state index >= 15 is 0 Å². The van der Waals surface area contributed by atoms with E-state index in [4.69, 9.17) is 4.74 Å². The fraction of sp³-hybridized carbons (Fsp3) is 0.692. The van der Waals surface area contributed by atoms with Gasteiger partial charge in [0.1, 0.15) is 0 Å². The number of halogens is 1. The van der Waals surface area contributed by atoms with Crippen molar-refractivity contribution in [2.75, 3.05) is 35.3 Å². The number of guanidine groups is 1. The number of aryl methyl sites for hydroxylation is 2. The summed E-state index contributed by atoms with van der Waals surface area (Å²) in [4.78, 5) is 8.65. The standard InChI is InChI=1S/C13H25N5O.HI/c1-8-11-10(12(19-7)18(6)15-11)9-14-13(16(2)3)17(4)5;/h8-9H2,1-7H3;1H. The number of nitrogens with zero attached hydrogens (tertiary/aromatic N) is 5. The predicted molar refractivity (Wildman–Crippen MR) is 93.1 cm³/mol. The zero-order valence-corrected chi connectivity index (χ0v) is 15.8. The second-order valence-corrected chi connectivity index (χ2v) is 4.82. The molecule has 0 bridgehead atoms. The molecular formula is C13H26IN5O. The third-order valence-electron chi connectivity index (χ3n) is 2.88. The molecule has 0 aromatic carbocycles. The SMILES string of the molecule is CCc1nn(C)c(OC)c1CN=C(N(C)C)N(C)C.I. The quantitative estimate of drug-likeness (QED) is 0.441. The van der Waals surface area contributed by atoms with E-state index in [0.717, 1.165) is 29.5 Å². The van der Waals surface area contributed by atoms with Gasteiger partial charge >= 0.3 is 0 Å². The highest BCUT2D eigenvalue weighted by atomic mass is 127. The summed E-state index contributed by atoms with van der Waals surface area (Å²) in [6, 6.07) is 0. The smallest absolute Gasteiger partial charge is 0.216 e. The van der Waals surface area contributed by atoms with Crippen molar-refractivity contribution in [3.05, 3.63) is 11.3 Å². The Morgan fingerprint density at radius 1 is 1.25 bits per heavy atom. The van der Waals surface area contributed by atoms with Crippen molar-refractivity contribution >= 4 is 29.9 Å². The predicted octanol–water partition coefficient (Wildman–Crippen LogP) is 1.59. The molecule has 7 heteroatoms. The molecule has 0 unspecified atom stereocenters. The van der Waals surface area contributed by atoms with Crippen LogP contribution in [-0.4, -0.2) is 60.8 Å². The van der Waals surface area contributed by atoms with E-state index in [-0.39, 0.29) is 24.0 Å². The van der Waals surface area contributed by atoms with Gasteiger partial charge in [0.2, 0.25) is 5.88 Å². The first kappa shape index (κ1) is 19.0. The second-order valence-electron chi connectivity index (χ2n) is 4.82. The second kappa shape index (κ2) is 8.33. The maximum absolute atomic E-state index is 5.42. The third-order valence-corrected chi connectivity index (χ3v) is 2.88. The lowest BCUT2D eigenvalue weighted by atomic mass is 10.2. The lowest BCUT2D eigenvalue weighted by molar-refractivity contribution is 0.369. The maximum atomic E-state index is 5.42. The molecular weight excluding hydrogens is 369 g/mol. The summed E-state index contributed by atoms with van der Waals surface area (Å²) in [5.74, 6) is 1.71. The van der Waals surface area contributed by atoms with Crippen molar-refractivity contribution in [1.29, 1.82) is 0 Å². The van der Waals surface area contributed by atoms with Crippen LogP contribution >= 0.6 is 24.0 Å². The van der Waals surface area contributed by atoms with Crippen LogP contribution in [-0.2, 0) is 20.0 Å². The Kier molecular flexibility index (Phi) is 7.92. The lowest BCUT2D eigenvalue weighted by Crippen LogP contribution is -2.35. The van der Waals surface area contributed by atoms with Gasteiger partial charge in [0.15, 0.2) is 5.96 Å². The highest BCUT2D eigenvalue weighted by Crippen LogP contribution is 2.23. The first-order valence-corrected chi connectivity index (χ1v) is 6.40. The van der Waals surface area contributed by atoms with Crippen LogP contribution in [0.25, 0.3) is 0 Å². The van der Waals surface area contributed by atoms with E-state index < -0.39 is 0 Å². The minimum atomic E-state index is 0. The molecule has 1 heterocycles. The molecule has 0 amide bonds. The van der Waals surface area contributed by atoms with Crippen LogP contribution in [0, 0.1) is 0 Å². The zero-order chi connectivity index (χ0) is 14.6. The van der Waals surface area contributed by atoms with Crippen LogP contribution in [0.5, 0.6) is 5.88 Å². The van der Waals surface area contributed by atoms with Crippen molar-refractivity contribution in [2.24, 2.45) is 12.0 Å². The number of aliphatic imine (C=N–C) groups is 1. The molecule has 0 fully saturated rings. The number of hydrogen-bond donors (Lipinski definition) is 0. The van der Waals surface area contributed by atoms with Crippen molar-refractivity contribution in [1.82, 2.24) is 19.6 Å². The third kappa shape index (κ3) is 4.26. The molecule has 20 heavy (non-hydrogen) atoms. The fourth-order valence-electron chi connectivity index (χ4n) is 2.14. The molecule has 0 saturated carbocycles. The van der Waals surface area contributed by atoms with Gasteiger partial charge in [0, 0.05) is 35.2 Å². The maximum Gasteiger partial charge on any atom is 0.216 e. The van der Waals surface area contributed by atoms with E-state index in [2.05, 4.69) is 17.0 Å². The summed E-state index contributed by atoms with van der Waals surface area (Å²) in [5, 5.41) is 4.46. The molecule has 0 aliphatic heterocycles. The summed E-state index contributed by atoms with van der Waals surface area (Å²) >= 11 is 0. The van der Waals surface area contributed by atoms with Gasteiger partial charge < -0.3 is 14.5 Å². The summed E-state index contributed by atoms with van der Waals surface area (Å²) < 4.78 is 7.19. The number of aromatic nitrogens is 2. The van der Waals surface area contributed by atoms with Crippen LogP contribution < -0.4 is 4.74 Å². The summed E-state index contributed by atoms with van der Waals surface area (Å²) in [5.41, 5.74) is 2.11. The van der Waals surface area contributed by atoms with Crippen LogP contribution in [0.4, 0.5) is 0 Å². The molecule has 0 atom stereocenters. The Morgan fingerprint density at radius 3 is 2.20 bits per heavy atom. The molecule has 0 saturated heterocycles. The van der Waals surface area contributed by atoms with Gasteiger partial charge in [-0.05, 0) is 6.42 Å². The van der Waals surface area contributed by atoms with Crippen LogP contribution in [0.3, 0.4) is 0 Å². The molecule has 6 nitrogen and oxygen atoms in total. The van der Waals surface area contributed by atoms with E-state index in [9.17, 15) is 0 Å². The minimum absolute atomic E-state index is 0. The molecule has 1 aromatic heterocycles. The normalized spacial score (nSPS) is 9.75. The van der Waals surface area contributed by atoms with Crippen molar-refractivity contribution in [3.63, 3.8) is 0 Å². The Morgan fingerprint density at radius 2 is 1.80 bits per heavy atom. The molecule has 0 N–H and O–H groups in total. The van der Waals surface area contributed by atoms with E-state index in [1.54, 1.807) is 11.8 Å². The van der Waals surface area contributed by atoms with Gasteiger partial charge in [-0.25, -0.2) is 9.67 Å². The molecule has 1 aromatic rings. The van der Waals surface area contributed by atoms with Gasteiger partial charge in [-0.15, -0.1) is 24.0 Å². The largest absolute Gasteiger partial charge is 0.481 e. The Bertz CT molecular complexity index is 444. The Hall–Kier alpha value is -0.990. The lowest BCUT2D eigenvalue weighted by Gasteiger charge is -2.22. The molecule has 0 radical (unpaired) electrons. The van der Waals surface area contributed by atoms with Crippen molar-refractivity contribution < 1.29 is 4.74 Å². The summed E-state index contributed by atoms with van der Waals surface area (Å²) in [6.45, 7) is 2.67. The minimum Gasteiger partial charge on any atom is -0.481 e. The Labute approximate surface area is 138 Å². The van der Waals surface area contributed by atoms with Crippen LogP contribution in [0.1, 0.15) is 18.2 Å². The number of hydrogen-bond acceptors (Lipinski definition) is 3. The zero-order valence-electron chi connectivity index (χ0n) is 13.5. The average Bonchev–Trinajstić information content (AvgIpc) is 2.64. The average molecular weight is 395 g/mol. The first-order valence-electron chi connectivity index (χ1n) is 6.40. The molecule has 0 aliphatic rings. The van der Waals surface area contributed by atoms with Gasteiger partial charge in [0.25, 0.3) is 0 Å². The van der Waals surface area contributed by atoms with Crippen LogP contribution in [0.15, 0.2) is 4.99 Å². The molecule has 0 aliphatic carbocycles. The van der Waals surface area contributed by atoms with Gasteiger partial charge in [-0.2, -0.15) is 5.10 Å². The van der Waals surface area contributed by atoms with Crippen molar-refractivity contribution in [3.8, 4) is 5.88 Å². The summed E-state index contributed by atoms with van der Waals surface area (Å²) in [6.07, 6.45) is 0.876. The number of methoxy groups -OCH3 is 1. The van der Waals surface area contributed by atoms with Crippen molar-refractivity contribution in [2.45, 2.75) is 19.9 Å². The summed E-state index contributed by atoms with van der Waals surface area (Å²) in [7, 11) is 11.5. The van der Waals surface area contributed by atoms with Gasteiger partial charge in [0.05, 0.1) is 24.9 Å². The molecule has 0 spiro atoms. The van der Waals surface area contributed by atoms with Crippen LogP contribution in [0.2, 0.25) is 0 Å². The highest BCUT2D eigenvalue weighted by Gasteiger charge is 2.16. The Balaban J connectivity index is 0.00000361. The first-order chi connectivity index (χ1) is 8.92. The monoisotopic (exact) mass is 395 g/mol. The van der Waals surface area contributed by atoms with E-state index in [1.165, 1.54) is 0 Å². The molecule has 116 valence electrons. The van der Waals surface area contributed by atoms with E-state index in [0.29, 0.717) is 6.54 Å². The molecule has 1 rings (SSSR count).